The highest BCUT2D eigenvalue weighted by Gasteiger charge is 2.19. The third kappa shape index (κ3) is 2.87. The molecule has 2 aromatic rings. The van der Waals surface area contributed by atoms with Gasteiger partial charge in [-0.3, -0.25) is 10.1 Å². The van der Waals surface area contributed by atoms with Gasteiger partial charge >= 0.3 is 6.01 Å². The summed E-state index contributed by atoms with van der Waals surface area (Å²) >= 11 is 0. The molecular weight excluding hydrogens is 300 g/mol. The highest BCUT2D eigenvalue weighted by molar-refractivity contribution is 6.00. The Morgan fingerprint density at radius 1 is 1.23 bits per heavy atom. The zero-order valence-electron chi connectivity index (χ0n) is 11.0. The molecular formula is C13H9F2N3O4. The first-order valence-corrected chi connectivity index (χ1v) is 6.18. The number of amides is 1. The van der Waals surface area contributed by atoms with Gasteiger partial charge in [0.1, 0.15) is 31.1 Å². The van der Waals surface area contributed by atoms with E-state index in [0.29, 0.717) is 12.7 Å². The van der Waals surface area contributed by atoms with Crippen LogP contribution in [0.25, 0.3) is 11.5 Å². The molecule has 1 aromatic heterocycles. The Balaban J connectivity index is 1.76. The van der Waals surface area contributed by atoms with Crippen LogP contribution in [0.15, 0.2) is 34.6 Å². The number of halogens is 2. The lowest BCUT2D eigenvalue weighted by molar-refractivity contribution is -0.117. The lowest BCUT2D eigenvalue weighted by atomic mass is 10.2. The van der Waals surface area contributed by atoms with E-state index in [1.807, 2.05) is 0 Å². The van der Waals surface area contributed by atoms with Crippen molar-refractivity contribution in [3.05, 3.63) is 41.9 Å². The Bertz CT molecular complexity index is 745. The maximum atomic E-state index is 13.6. The smallest absolute Gasteiger partial charge is 0.322 e. The first kappa shape index (κ1) is 14.0. The maximum Gasteiger partial charge on any atom is 0.322 e. The summed E-state index contributed by atoms with van der Waals surface area (Å²) in [6, 6.07) is 2.65. The average Bonchev–Trinajstić information content (AvgIpc) is 2.96. The van der Waals surface area contributed by atoms with E-state index >= 15 is 0 Å². The van der Waals surface area contributed by atoms with Gasteiger partial charge in [-0.2, -0.15) is 0 Å². The van der Waals surface area contributed by atoms with E-state index in [9.17, 15) is 13.6 Å². The van der Waals surface area contributed by atoms with E-state index in [1.165, 1.54) is 0 Å². The number of anilines is 1. The highest BCUT2D eigenvalue weighted by atomic mass is 19.1. The summed E-state index contributed by atoms with van der Waals surface area (Å²) in [7, 11) is 0. The second-order valence-corrected chi connectivity index (χ2v) is 4.19. The molecule has 0 saturated carbocycles. The van der Waals surface area contributed by atoms with Crippen LogP contribution >= 0.6 is 0 Å². The third-order valence-corrected chi connectivity index (χ3v) is 2.68. The molecule has 0 unspecified atom stereocenters. The van der Waals surface area contributed by atoms with Gasteiger partial charge in [0.25, 0.3) is 11.8 Å². The zero-order chi connectivity index (χ0) is 15.5. The van der Waals surface area contributed by atoms with E-state index in [4.69, 9.17) is 13.9 Å². The number of carbonyl (C=O) groups is 1. The Labute approximate surface area is 122 Å². The van der Waals surface area contributed by atoms with Crippen molar-refractivity contribution in [2.24, 2.45) is 0 Å². The van der Waals surface area contributed by atoms with Crippen molar-refractivity contribution in [2.45, 2.75) is 0 Å². The summed E-state index contributed by atoms with van der Waals surface area (Å²) in [6.45, 7) is 0.598. The van der Waals surface area contributed by atoms with Gasteiger partial charge in [-0.05, 0) is 12.1 Å². The standard InChI is InChI=1S/C13H9F2N3O4/c14-7-1-2-8(9(15)5-7)12-17-18-13(22-12)16-11(19)10-6-20-3-4-21-10/h1-2,5-6H,3-4H2,(H,16,18,19). The number of rotatable bonds is 3. The van der Waals surface area contributed by atoms with Crippen molar-refractivity contribution in [1.29, 1.82) is 0 Å². The van der Waals surface area contributed by atoms with Crippen LogP contribution in [-0.2, 0) is 14.3 Å². The van der Waals surface area contributed by atoms with Crippen LogP contribution in [0.4, 0.5) is 14.8 Å². The zero-order valence-corrected chi connectivity index (χ0v) is 11.0. The van der Waals surface area contributed by atoms with Gasteiger partial charge in [0, 0.05) is 6.07 Å². The molecule has 1 N–H and O–H groups in total. The first-order valence-electron chi connectivity index (χ1n) is 6.18. The van der Waals surface area contributed by atoms with Crippen molar-refractivity contribution in [1.82, 2.24) is 10.2 Å². The number of benzene rings is 1. The van der Waals surface area contributed by atoms with Gasteiger partial charge < -0.3 is 13.9 Å². The van der Waals surface area contributed by atoms with E-state index < -0.39 is 17.5 Å². The van der Waals surface area contributed by atoms with Crippen LogP contribution in [0.3, 0.4) is 0 Å². The molecule has 1 aliphatic rings. The Morgan fingerprint density at radius 3 is 2.82 bits per heavy atom. The Morgan fingerprint density at radius 2 is 2.09 bits per heavy atom. The molecule has 0 fully saturated rings. The second-order valence-electron chi connectivity index (χ2n) is 4.19. The Kier molecular flexibility index (Phi) is 3.69. The van der Waals surface area contributed by atoms with Crippen molar-refractivity contribution in [2.75, 3.05) is 18.5 Å². The summed E-state index contributed by atoms with van der Waals surface area (Å²) in [5, 5.41) is 9.43. The minimum atomic E-state index is -0.853. The Hall–Kier alpha value is -2.97. The molecule has 0 atom stereocenters. The third-order valence-electron chi connectivity index (χ3n) is 2.68. The number of aromatic nitrogens is 2. The molecule has 22 heavy (non-hydrogen) atoms. The van der Waals surface area contributed by atoms with Gasteiger partial charge in [-0.1, -0.05) is 5.10 Å². The molecule has 114 valence electrons. The molecule has 1 amide bonds. The summed E-state index contributed by atoms with van der Waals surface area (Å²) < 4.78 is 41.6. The number of hydrogen-bond acceptors (Lipinski definition) is 6. The van der Waals surface area contributed by atoms with Crippen molar-refractivity contribution >= 4 is 11.9 Å². The molecule has 0 spiro atoms. The van der Waals surface area contributed by atoms with E-state index in [-0.39, 0.29) is 29.8 Å². The fraction of sp³-hybridized carbons (Fsp3) is 0.154. The van der Waals surface area contributed by atoms with Gasteiger partial charge in [-0.25, -0.2) is 8.78 Å². The SMILES string of the molecule is O=C(Nc1nnc(-c2ccc(F)cc2F)o1)C1=COCCO1. The van der Waals surface area contributed by atoms with Crippen molar-refractivity contribution in [3.63, 3.8) is 0 Å². The quantitative estimate of drug-likeness (QED) is 0.931. The first-order chi connectivity index (χ1) is 10.6. The molecule has 7 nitrogen and oxygen atoms in total. The fourth-order valence-electron chi connectivity index (χ4n) is 1.69. The number of carbonyl (C=O) groups excluding carboxylic acids is 1. The van der Waals surface area contributed by atoms with Crippen LogP contribution in [0, 0.1) is 11.6 Å². The van der Waals surface area contributed by atoms with Gasteiger partial charge in [0.15, 0.2) is 0 Å². The second kappa shape index (κ2) is 5.80. The van der Waals surface area contributed by atoms with Crippen LogP contribution in [-0.4, -0.2) is 29.3 Å². The molecule has 0 bridgehead atoms. The number of hydrogen-bond donors (Lipinski definition) is 1. The van der Waals surface area contributed by atoms with Crippen LogP contribution in [0.5, 0.6) is 0 Å². The summed E-state index contributed by atoms with van der Waals surface area (Å²) in [4.78, 5) is 11.8. The molecule has 0 aliphatic carbocycles. The summed E-state index contributed by atoms with van der Waals surface area (Å²) in [5.74, 6) is -2.46. The normalized spacial score (nSPS) is 13.8. The van der Waals surface area contributed by atoms with Crippen LogP contribution in [0.2, 0.25) is 0 Å². The van der Waals surface area contributed by atoms with E-state index in [1.54, 1.807) is 0 Å². The molecule has 0 radical (unpaired) electrons. The molecule has 1 aromatic carbocycles. The molecule has 9 heteroatoms. The van der Waals surface area contributed by atoms with E-state index in [0.717, 1.165) is 18.4 Å². The maximum absolute atomic E-state index is 13.6. The van der Waals surface area contributed by atoms with Gasteiger partial charge in [0.05, 0.1) is 5.56 Å². The number of ether oxygens (including phenoxy) is 2. The number of nitrogens with zero attached hydrogens (tertiary/aromatic N) is 2. The molecule has 3 rings (SSSR count). The summed E-state index contributed by atoms with van der Waals surface area (Å²) in [5.41, 5.74) is -0.0779. The number of nitrogens with one attached hydrogen (secondary N) is 1. The molecule has 0 saturated heterocycles. The topological polar surface area (TPSA) is 86.5 Å². The molecule has 2 heterocycles. The highest BCUT2D eigenvalue weighted by Crippen LogP contribution is 2.23. The fourth-order valence-corrected chi connectivity index (χ4v) is 1.69. The predicted molar refractivity (Wildman–Crippen MR) is 68.3 cm³/mol. The van der Waals surface area contributed by atoms with Crippen molar-refractivity contribution < 1.29 is 27.5 Å². The predicted octanol–water partition coefficient (Wildman–Crippen LogP) is 1.84. The van der Waals surface area contributed by atoms with Crippen LogP contribution < -0.4 is 5.32 Å². The van der Waals surface area contributed by atoms with Crippen molar-refractivity contribution in [3.8, 4) is 11.5 Å². The van der Waals surface area contributed by atoms with Gasteiger partial charge in [-0.15, -0.1) is 5.10 Å². The summed E-state index contributed by atoms with van der Waals surface area (Å²) in [6.07, 6.45) is 1.16. The molecule has 1 aliphatic heterocycles. The van der Waals surface area contributed by atoms with E-state index in [2.05, 4.69) is 15.5 Å². The average molecular weight is 309 g/mol. The lowest BCUT2D eigenvalue weighted by Gasteiger charge is -2.13. The lowest BCUT2D eigenvalue weighted by Crippen LogP contribution is -2.21. The van der Waals surface area contributed by atoms with Crippen LogP contribution in [0.1, 0.15) is 0 Å². The monoisotopic (exact) mass is 309 g/mol. The van der Waals surface area contributed by atoms with Gasteiger partial charge in [0.2, 0.25) is 5.76 Å². The largest absolute Gasteiger partial charge is 0.494 e. The minimum absolute atomic E-state index is 0.0426. The minimum Gasteiger partial charge on any atom is -0.494 e.